The summed E-state index contributed by atoms with van der Waals surface area (Å²) in [6.45, 7) is 1.73. The van der Waals surface area contributed by atoms with Crippen molar-refractivity contribution in [2.24, 2.45) is 0 Å². The summed E-state index contributed by atoms with van der Waals surface area (Å²) in [5.74, 6) is -0.207. The van der Waals surface area contributed by atoms with E-state index < -0.39 is 11.6 Å². The van der Waals surface area contributed by atoms with Crippen molar-refractivity contribution in [2.75, 3.05) is 13.2 Å². The Bertz CT molecular complexity index is 653. The third kappa shape index (κ3) is 1.88. The Morgan fingerprint density at radius 1 is 1.55 bits per heavy atom. The molecule has 0 bridgehead atoms. The number of carbonyl (C=O) groups is 1. The number of benzene rings is 1. The van der Waals surface area contributed by atoms with Gasteiger partial charge in [0.05, 0.1) is 23.6 Å². The van der Waals surface area contributed by atoms with Crippen molar-refractivity contribution in [2.45, 2.75) is 25.0 Å². The van der Waals surface area contributed by atoms with Crippen molar-refractivity contribution in [1.29, 1.82) is 0 Å². The Balaban J connectivity index is 2.00. The maximum Gasteiger partial charge on any atom is 0.293 e. The summed E-state index contributed by atoms with van der Waals surface area (Å²) in [6.07, 6.45) is -0.285. The lowest BCUT2D eigenvalue weighted by Crippen LogP contribution is -2.47. The van der Waals surface area contributed by atoms with Gasteiger partial charge >= 0.3 is 0 Å². The zero-order chi connectivity index (χ0) is 14.3. The first-order valence-corrected chi connectivity index (χ1v) is 6.50. The van der Waals surface area contributed by atoms with Crippen LogP contribution < -0.4 is 0 Å². The van der Waals surface area contributed by atoms with Crippen LogP contribution in [0.4, 0.5) is 0 Å². The minimum Gasteiger partial charge on any atom is -0.394 e. The Labute approximate surface area is 115 Å². The number of amides is 1. The van der Waals surface area contributed by atoms with Gasteiger partial charge in [-0.15, -0.1) is 0 Å². The number of nitrogens with zero attached hydrogens (tertiary/aromatic N) is 2. The molecular formula is C14H16N2O4. The van der Waals surface area contributed by atoms with Gasteiger partial charge in [0.25, 0.3) is 5.91 Å². The zero-order valence-electron chi connectivity index (χ0n) is 11.1. The van der Waals surface area contributed by atoms with E-state index in [0.717, 1.165) is 0 Å². The van der Waals surface area contributed by atoms with Gasteiger partial charge in [-0.3, -0.25) is 4.79 Å². The molecule has 2 unspecified atom stereocenters. The molecule has 2 aromatic rings. The van der Waals surface area contributed by atoms with Gasteiger partial charge in [-0.2, -0.15) is 0 Å². The molecule has 0 radical (unpaired) electrons. The fourth-order valence-electron chi connectivity index (χ4n) is 2.76. The highest BCUT2D eigenvalue weighted by Gasteiger charge is 2.45. The van der Waals surface area contributed by atoms with Gasteiger partial charge < -0.3 is 19.6 Å². The molecule has 2 heterocycles. The highest BCUT2D eigenvalue weighted by molar-refractivity contribution is 6.04. The van der Waals surface area contributed by atoms with E-state index >= 15 is 0 Å². The van der Waals surface area contributed by atoms with E-state index in [1.165, 1.54) is 4.90 Å². The Kier molecular flexibility index (Phi) is 2.99. The quantitative estimate of drug-likeness (QED) is 0.846. The summed E-state index contributed by atoms with van der Waals surface area (Å²) in [7, 11) is 0. The summed E-state index contributed by atoms with van der Waals surface area (Å²) in [5, 5.41) is 23.8. The molecule has 1 aliphatic rings. The van der Waals surface area contributed by atoms with Crippen LogP contribution in [0.3, 0.4) is 0 Å². The predicted octanol–water partition coefficient (Wildman–Crippen LogP) is 0.786. The molecule has 20 heavy (non-hydrogen) atoms. The molecule has 1 aliphatic heterocycles. The van der Waals surface area contributed by atoms with E-state index in [1.807, 2.05) is 6.07 Å². The largest absolute Gasteiger partial charge is 0.394 e. The first-order chi connectivity index (χ1) is 9.55. The molecule has 1 aromatic heterocycles. The van der Waals surface area contributed by atoms with Crippen molar-refractivity contribution in [3.05, 3.63) is 30.0 Å². The fourth-order valence-corrected chi connectivity index (χ4v) is 2.76. The van der Waals surface area contributed by atoms with E-state index in [0.29, 0.717) is 17.3 Å². The number of fused-ring (bicyclic) bond motifs is 1. The first kappa shape index (κ1) is 13.1. The van der Waals surface area contributed by atoms with Crippen LogP contribution in [0.5, 0.6) is 0 Å². The third-order valence-corrected chi connectivity index (χ3v) is 3.88. The standard InChI is InChI=1S/C14H16N2O4/c1-14(8-17)6-9(18)7-16(14)13(19)12-10-4-2-3-5-11(10)15-20-12/h2-5,9,17-18H,6-8H2,1H3. The summed E-state index contributed by atoms with van der Waals surface area (Å²) in [6, 6.07) is 7.15. The average Bonchev–Trinajstić information content (AvgIpc) is 3.00. The Morgan fingerprint density at radius 2 is 2.30 bits per heavy atom. The molecule has 0 spiro atoms. The van der Waals surface area contributed by atoms with Crippen molar-refractivity contribution >= 4 is 16.8 Å². The Morgan fingerprint density at radius 3 is 3.05 bits per heavy atom. The summed E-state index contributed by atoms with van der Waals surface area (Å²) >= 11 is 0. The van der Waals surface area contributed by atoms with Crippen LogP contribution in [0, 0.1) is 0 Å². The summed E-state index contributed by atoms with van der Waals surface area (Å²) in [4.78, 5) is 14.1. The monoisotopic (exact) mass is 276 g/mol. The Hall–Kier alpha value is -1.92. The van der Waals surface area contributed by atoms with Crippen LogP contribution in [-0.4, -0.2) is 51.0 Å². The van der Waals surface area contributed by atoms with Gasteiger partial charge in [0, 0.05) is 13.0 Å². The number of carbonyl (C=O) groups excluding carboxylic acids is 1. The lowest BCUT2D eigenvalue weighted by Gasteiger charge is -2.32. The maximum atomic E-state index is 12.6. The van der Waals surface area contributed by atoms with Crippen LogP contribution in [0.1, 0.15) is 23.9 Å². The van der Waals surface area contributed by atoms with Crippen LogP contribution in [0.2, 0.25) is 0 Å². The molecule has 2 atom stereocenters. The SMILES string of the molecule is CC1(CO)CC(O)CN1C(=O)c1onc2ccccc12. The fraction of sp³-hybridized carbons (Fsp3) is 0.429. The van der Waals surface area contributed by atoms with Gasteiger partial charge in [-0.05, 0) is 19.1 Å². The van der Waals surface area contributed by atoms with Crippen LogP contribution in [-0.2, 0) is 0 Å². The molecule has 6 nitrogen and oxygen atoms in total. The molecule has 1 saturated heterocycles. The number of β-amino-alcohol motifs (C(OH)–C–C–N with tert-alkyl or cyclic N) is 1. The molecule has 1 fully saturated rings. The van der Waals surface area contributed by atoms with E-state index in [4.69, 9.17) is 4.52 Å². The lowest BCUT2D eigenvalue weighted by atomic mass is 9.99. The predicted molar refractivity (Wildman–Crippen MR) is 71.2 cm³/mol. The highest BCUT2D eigenvalue weighted by Crippen LogP contribution is 2.31. The van der Waals surface area contributed by atoms with Gasteiger partial charge in [0.15, 0.2) is 0 Å². The van der Waals surface area contributed by atoms with E-state index in [2.05, 4.69) is 5.16 Å². The molecule has 0 saturated carbocycles. The number of aliphatic hydroxyl groups is 2. The molecule has 1 amide bonds. The van der Waals surface area contributed by atoms with Gasteiger partial charge in [-0.1, -0.05) is 17.3 Å². The number of aromatic nitrogens is 1. The van der Waals surface area contributed by atoms with Gasteiger partial charge in [0.1, 0.15) is 5.52 Å². The van der Waals surface area contributed by atoms with Crippen molar-refractivity contribution < 1.29 is 19.5 Å². The number of aliphatic hydroxyl groups excluding tert-OH is 2. The van der Waals surface area contributed by atoms with Crippen molar-refractivity contribution in [3.8, 4) is 0 Å². The topological polar surface area (TPSA) is 86.8 Å². The summed E-state index contributed by atoms with van der Waals surface area (Å²) in [5.41, 5.74) is -0.161. The van der Waals surface area contributed by atoms with Crippen molar-refractivity contribution in [1.82, 2.24) is 10.1 Å². The third-order valence-electron chi connectivity index (χ3n) is 3.88. The first-order valence-electron chi connectivity index (χ1n) is 6.50. The van der Waals surface area contributed by atoms with Crippen LogP contribution >= 0.6 is 0 Å². The van der Waals surface area contributed by atoms with Gasteiger partial charge in [0.2, 0.25) is 5.76 Å². The second-order valence-electron chi connectivity index (χ2n) is 5.46. The van der Waals surface area contributed by atoms with E-state index in [9.17, 15) is 15.0 Å². The number of hydrogen-bond acceptors (Lipinski definition) is 5. The van der Waals surface area contributed by atoms with Crippen LogP contribution in [0.15, 0.2) is 28.8 Å². The smallest absolute Gasteiger partial charge is 0.293 e. The molecular weight excluding hydrogens is 260 g/mol. The number of likely N-dealkylation sites (tertiary alicyclic amines) is 1. The second kappa shape index (κ2) is 4.57. The lowest BCUT2D eigenvalue weighted by molar-refractivity contribution is 0.0437. The normalized spacial score (nSPS) is 26.4. The van der Waals surface area contributed by atoms with E-state index in [-0.39, 0.29) is 24.8 Å². The highest BCUT2D eigenvalue weighted by atomic mass is 16.5. The maximum absolute atomic E-state index is 12.6. The molecule has 2 N–H and O–H groups in total. The summed E-state index contributed by atoms with van der Waals surface area (Å²) < 4.78 is 5.16. The minimum absolute atomic E-state index is 0.148. The van der Waals surface area contributed by atoms with Gasteiger partial charge in [-0.25, -0.2) is 0 Å². The second-order valence-corrected chi connectivity index (χ2v) is 5.46. The molecule has 0 aliphatic carbocycles. The average molecular weight is 276 g/mol. The zero-order valence-corrected chi connectivity index (χ0v) is 11.1. The van der Waals surface area contributed by atoms with Crippen LogP contribution in [0.25, 0.3) is 10.9 Å². The molecule has 3 rings (SSSR count). The number of rotatable bonds is 2. The van der Waals surface area contributed by atoms with Crippen molar-refractivity contribution in [3.63, 3.8) is 0 Å². The minimum atomic E-state index is -0.773. The molecule has 106 valence electrons. The molecule has 6 heteroatoms. The molecule has 1 aromatic carbocycles. The number of hydrogen-bond donors (Lipinski definition) is 2. The van der Waals surface area contributed by atoms with E-state index in [1.54, 1.807) is 25.1 Å².